The Hall–Kier alpha value is -3.33. The van der Waals surface area contributed by atoms with Crippen LogP contribution in [0.15, 0.2) is 53.9 Å². The minimum Gasteiger partial charge on any atom is -0.503 e. The lowest BCUT2D eigenvalue weighted by Crippen LogP contribution is -2.62. The molecule has 3 aliphatic heterocycles. The fraction of sp³-hybridized carbons (Fsp3) is 0.304. The molecule has 0 bridgehead atoms. The van der Waals surface area contributed by atoms with Crippen molar-refractivity contribution in [3.05, 3.63) is 82.5 Å². The molecule has 3 heterocycles. The standard InChI is InChI=1S/C23H20F3N3O3/c24-14-8-6-13(7-9-14)20(16-4-1-5-17(25)19(16)26)29-12-18(30)22(31)21-23(32)27-10-2-3-15(27)11-28(21)29/h1,4-9,15,20,31H,2-3,10-12H2/t15-,20+/m1/s1. The molecule has 0 radical (unpaired) electrons. The fourth-order valence-corrected chi connectivity index (χ4v) is 4.85. The number of benzene rings is 2. The normalized spacial score (nSPS) is 22.3. The van der Waals surface area contributed by atoms with Gasteiger partial charge >= 0.3 is 0 Å². The van der Waals surface area contributed by atoms with E-state index in [4.69, 9.17) is 0 Å². The van der Waals surface area contributed by atoms with Crippen molar-refractivity contribution in [3.63, 3.8) is 0 Å². The van der Waals surface area contributed by atoms with E-state index < -0.39 is 40.9 Å². The van der Waals surface area contributed by atoms with Gasteiger partial charge in [-0.05, 0) is 36.6 Å². The topological polar surface area (TPSA) is 64.1 Å². The van der Waals surface area contributed by atoms with Gasteiger partial charge in [-0.3, -0.25) is 14.6 Å². The number of fused-ring (bicyclic) bond motifs is 2. The Morgan fingerprint density at radius 2 is 1.78 bits per heavy atom. The van der Waals surface area contributed by atoms with Crippen LogP contribution in [-0.2, 0) is 9.59 Å². The molecule has 2 atom stereocenters. The van der Waals surface area contributed by atoms with Gasteiger partial charge in [-0.25, -0.2) is 18.2 Å². The van der Waals surface area contributed by atoms with Gasteiger partial charge in [-0.2, -0.15) is 0 Å². The lowest BCUT2D eigenvalue weighted by Gasteiger charge is -2.49. The quantitative estimate of drug-likeness (QED) is 0.790. The zero-order valence-electron chi connectivity index (χ0n) is 17.0. The minimum absolute atomic E-state index is 0.0635. The highest BCUT2D eigenvalue weighted by Gasteiger charge is 2.48. The number of aliphatic hydroxyl groups excluding tert-OH is 1. The summed E-state index contributed by atoms with van der Waals surface area (Å²) >= 11 is 0. The van der Waals surface area contributed by atoms with Crippen LogP contribution in [0.25, 0.3) is 0 Å². The monoisotopic (exact) mass is 443 g/mol. The second-order valence-corrected chi connectivity index (χ2v) is 8.19. The molecule has 2 aromatic carbocycles. The first-order valence-corrected chi connectivity index (χ1v) is 10.4. The van der Waals surface area contributed by atoms with Crippen LogP contribution >= 0.6 is 0 Å². The second-order valence-electron chi connectivity index (χ2n) is 8.19. The van der Waals surface area contributed by atoms with E-state index in [1.54, 1.807) is 4.90 Å². The zero-order chi connectivity index (χ0) is 22.6. The van der Waals surface area contributed by atoms with Crippen molar-refractivity contribution >= 4 is 11.7 Å². The van der Waals surface area contributed by atoms with Crippen LogP contribution in [0.4, 0.5) is 13.2 Å². The van der Waals surface area contributed by atoms with Gasteiger partial charge in [0.25, 0.3) is 5.91 Å². The molecule has 0 unspecified atom stereocenters. The Morgan fingerprint density at radius 3 is 2.53 bits per heavy atom. The first kappa shape index (κ1) is 20.6. The summed E-state index contributed by atoms with van der Waals surface area (Å²) in [6.45, 7) is 0.475. The summed E-state index contributed by atoms with van der Waals surface area (Å²) in [5.41, 5.74) is 0.181. The average molecular weight is 443 g/mol. The molecule has 1 amide bonds. The number of hydrogen-bond acceptors (Lipinski definition) is 5. The molecule has 9 heteroatoms. The number of hydrogen-bond donors (Lipinski definition) is 1. The Bertz CT molecular complexity index is 1140. The fourth-order valence-electron chi connectivity index (χ4n) is 4.85. The van der Waals surface area contributed by atoms with Crippen molar-refractivity contribution in [2.45, 2.75) is 24.9 Å². The molecule has 0 aliphatic carbocycles. The maximum absolute atomic E-state index is 14.9. The van der Waals surface area contributed by atoms with E-state index in [1.165, 1.54) is 46.4 Å². The highest BCUT2D eigenvalue weighted by molar-refractivity contribution is 6.06. The first-order valence-electron chi connectivity index (χ1n) is 10.4. The van der Waals surface area contributed by atoms with Crippen LogP contribution in [0.3, 0.4) is 0 Å². The van der Waals surface area contributed by atoms with Crippen molar-refractivity contribution < 1.29 is 27.9 Å². The number of amides is 1. The molecule has 2 aromatic rings. The largest absolute Gasteiger partial charge is 0.503 e. The number of hydrazine groups is 1. The molecular formula is C23H20F3N3O3. The van der Waals surface area contributed by atoms with Crippen molar-refractivity contribution in [1.29, 1.82) is 0 Å². The maximum atomic E-state index is 14.9. The van der Waals surface area contributed by atoms with Gasteiger partial charge in [0.15, 0.2) is 23.1 Å². The van der Waals surface area contributed by atoms with Gasteiger partial charge in [0.05, 0.1) is 25.2 Å². The third-order valence-corrected chi connectivity index (χ3v) is 6.35. The van der Waals surface area contributed by atoms with Gasteiger partial charge < -0.3 is 10.0 Å². The Kier molecular flexibility index (Phi) is 4.93. The number of carbonyl (C=O) groups is 2. The zero-order valence-corrected chi connectivity index (χ0v) is 17.0. The molecule has 2 saturated heterocycles. The predicted molar refractivity (Wildman–Crippen MR) is 107 cm³/mol. The lowest BCUT2D eigenvalue weighted by atomic mass is 9.95. The number of halogens is 3. The van der Waals surface area contributed by atoms with Gasteiger partial charge in [-0.1, -0.05) is 24.3 Å². The molecule has 3 aliphatic rings. The number of aliphatic hydroxyl groups is 1. The molecule has 166 valence electrons. The van der Waals surface area contributed by atoms with Gasteiger partial charge in [0, 0.05) is 12.1 Å². The van der Waals surface area contributed by atoms with E-state index in [1.807, 2.05) is 0 Å². The van der Waals surface area contributed by atoms with E-state index >= 15 is 0 Å². The predicted octanol–water partition coefficient (Wildman–Crippen LogP) is 3.07. The van der Waals surface area contributed by atoms with Crippen molar-refractivity contribution in [2.75, 3.05) is 19.6 Å². The van der Waals surface area contributed by atoms with Gasteiger partial charge in [0.2, 0.25) is 5.78 Å². The summed E-state index contributed by atoms with van der Waals surface area (Å²) in [5, 5.41) is 13.4. The van der Waals surface area contributed by atoms with Crippen LogP contribution in [0, 0.1) is 17.5 Å². The average Bonchev–Trinajstić information content (AvgIpc) is 3.25. The van der Waals surface area contributed by atoms with Crippen LogP contribution in [0.1, 0.15) is 30.0 Å². The van der Waals surface area contributed by atoms with Crippen molar-refractivity contribution in [1.82, 2.24) is 14.9 Å². The molecule has 2 fully saturated rings. The number of Topliss-reactive ketones (excluding diaryl/α,β-unsaturated/α-hetero) is 1. The Labute approximate surface area is 182 Å². The van der Waals surface area contributed by atoms with Crippen LogP contribution in [0.2, 0.25) is 0 Å². The molecule has 32 heavy (non-hydrogen) atoms. The summed E-state index contributed by atoms with van der Waals surface area (Å²) < 4.78 is 42.7. The summed E-state index contributed by atoms with van der Waals surface area (Å²) in [5.74, 6) is -4.46. The lowest BCUT2D eigenvalue weighted by molar-refractivity contribution is -0.151. The molecule has 0 aromatic heterocycles. The highest BCUT2D eigenvalue weighted by atomic mass is 19.2. The van der Waals surface area contributed by atoms with Crippen molar-refractivity contribution in [3.8, 4) is 0 Å². The van der Waals surface area contributed by atoms with Crippen LogP contribution in [0.5, 0.6) is 0 Å². The third-order valence-electron chi connectivity index (χ3n) is 6.35. The number of piperazine rings is 1. The van der Waals surface area contributed by atoms with Crippen LogP contribution in [-0.4, -0.2) is 57.4 Å². The molecular weight excluding hydrogens is 423 g/mol. The number of ketones is 1. The number of carbonyl (C=O) groups excluding carboxylic acids is 2. The van der Waals surface area contributed by atoms with Crippen molar-refractivity contribution in [2.24, 2.45) is 0 Å². The minimum atomic E-state index is -1.10. The Morgan fingerprint density at radius 1 is 1.03 bits per heavy atom. The molecule has 0 spiro atoms. The second kappa shape index (κ2) is 7.67. The summed E-state index contributed by atoms with van der Waals surface area (Å²) in [6.07, 6.45) is 1.56. The Balaban J connectivity index is 1.67. The smallest absolute Gasteiger partial charge is 0.275 e. The van der Waals surface area contributed by atoms with Gasteiger partial charge in [0.1, 0.15) is 5.82 Å². The summed E-state index contributed by atoms with van der Waals surface area (Å²) in [7, 11) is 0. The first-order chi connectivity index (χ1) is 15.4. The van der Waals surface area contributed by atoms with E-state index in [0.29, 0.717) is 18.7 Å². The SMILES string of the molecule is O=C1CN([C@@H](c2ccc(F)cc2)c2cccc(F)c2F)N2C[C@H]3CCCN3C(=O)C2=C1O. The van der Waals surface area contributed by atoms with E-state index in [2.05, 4.69) is 0 Å². The van der Waals surface area contributed by atoms with E-state index in [0.717, 1.165) is 18.9 Å². The highest BCUT2D eigenvalue weighted by Crippen LogP contribution is 2.39. The molecule has 1 N–H and O–H groups in total. The maximum Gasteiger partial charge on any atom is 0.275 e. The van der Waals surface area contributed by atoms with Gasteiger partial charge in [-0.15, -0.1) is 0 Å². The summed E-state index contributed by atoms with van der Waals surface area (Å²) in [6, 6.07) is 7.83. The summed E-state index contributed by atoms with van der Waals surface area (Å²) in [4.78, 5) is 27.4. The molecule has 0 saturated carbocycles. The number of nitrogens with zero attached hydrogens (tertiary/aromatic N) is 3. The molecule has 6 nitrogen and oxygen atoms in total. The van der Waals surface area contributed by atoms with E-state index in [9.17, 15) is 27.9 Å². The van der Waals surface area contributed by atoms with Crippen LogP contribution < -0.4 is 0 Å². The molecule has 5 rings (SSSR count). The number of rotatable bonds is 3. The third kappa shape index (κ3) is 3.15. The van der Waals surface area contributed by atoms with E-state index in [-0.39, 0.29) is 23.8 Å².